The third-order valence-electron chi connectivity index (χ3n) is 5.59. The summed E-state index contributed by atoms with van der Waals surface area (Å²) in [5, 5.41) is 0. The predicted octanol–water partition coefficient (Wildman–Crippen LogP) is 5.73. The molecule has 0 fully saturated rings. The van der Waals surface area contributed by atoms with Crippen LogP contribution >= 0.6 is 0 Å². The van der Waals surface area contributed by atoms with Crippen molar-refractivity contribution in [2.45, 2.75) is 0 Å². The first-order valence-electron chi connectivity index (χ1n) is 10.2. The molecule has 0 unspecified atom stereocenters. The number of aromatic amines is 1. The Morgan fingerprint density at radius 3 is 1.90 bits per heavy atom. The minimum Gasteiger partial charge on any atom is -0.355 e. The third-order valence-corrected chi connectivity index (χ3v) is 5.59. The zero-order chi connectivity index (χ0) is 20.8. The van der Waals surface area contributed by atoms with Crippen molar-refractivity contribution in [2.24, 2.45) is 7.05 Å². The summed E-state index contributed by atoms with van der Waals surface area (Å²) in [7, 11) is 2.08. The zero-order valence-electron chi connectivity index (χ0n) is 16.9. The van der Waals surface area contributed by atoms with Crippen LogP contribution in [0.2, 0.25) is 0 Å². The maximum Gasteiger partial charge on any atom is 0.0658 e. The van der Waals surface area contributed by atoms with E-state index in [1.165, 1.54) is 0 Å². The first-order chi connectivity index (χ1) is 15.2. The van der Waals surface area contributed by atoms with Crippen molar-refractivity contribution in [1.29, 1.82) is 0 Å². The number of hydrogen-bond donors (Lipinski definition) is 1. The maximum absolute atomic E-state index is 4.80. The lowest BCUT2D eigenvalue weighted by atomic mass is 10.1. The summed E-state index contributed by atoms with van der Waals surface area (Å²) in [5.41, 5.74) is 10.2. The van der Waals surface area contributed by atoms with Gasteiger partial charge in [0.1, 0.15) is 0 Å². The van der Waals surface area contributed by atoms with Gasteiger partial charge in [0.15, 0.2) is 0 Å². The molecular formula is C26H19N5. The van der Waals surface area contributed by atoms with Gasteiger partial charge in [-0.3, -0.25) is 4.98 Å². The molecule has 0 spiro atoms. The van der Waals surface area contributed by atoms with E-state index in [-0.39, 0.29) is 0 Å². The van der Waals surface area contributed by atoms with Crippen molar-refractivity contribution in [1.82, 2.24) is 24.5 Å². The average molecular weight is 401 g/mol. The van der Waals surface area contributed by atoms with Crippen LogP contribution in [0.4, 0.5) is 0 Å². The molecule has 1 N–H and O–H groups in total. The number of nitrogens with one attached hydrogen (secondary N) is 1. The number of hydrogen-bond acceptors (Lipinski definition) is 3. The Kier molecular flexibility index (Phi) is 3.93. The summed E-state index contributed by atoms with van der Waals surface area (Å²) in [4.78, 5) is 17.2. The fraction of sp³-hybridized carbons (Fsp3) is 0.0385. The number of fused-ring (bicyclic) bond motifs is 8. The van der Waals surface area contributed by atoms with Crippen LogP contribution in [0.15, 0.2) is 67.0 Å². The second-order valence-corrected chi connectivity index (χ2v) is 7.70. The maximum atomic E-state index is 4.80. The Hall–Kier alpha value is -4.25. The van der Waals surface area contributed by atoms with Crippen LogP contribution < -0.4 is 0 Å². The summed E-state index contributed by atoms with van der Waals surface area (Å²) < 4.78 is 2.19. The summed E-state index contributed by atoms with van der Waals surface area (Å²) in [6, 6.07) is 18.7. The lowest BCUT2D eigenvalue weighted by Crippen LogP contribution is -1.87. The zero-order valence-corrected chi connectivity index (χ0v) is 16.9. The van der Waals surface area contributed by atoms with Gasteiger partial charge in [0.25, 0.3) is 0 Å². The molecule has 0 saturated heterocycles. The lowest BCUT2D eigenvalue weighted by molar-refractivity contribution is 1.01. The highest BCUT2D eigenvalue weighted by atomic mass is 14.9. The van der Waals surface area contributed by atoms with Crippen LogP contribution in [0.1, 0.15) is 22.8 Å². The van der Waals surface area contributed by atoms with Crippen LogP contribution in [0, 0.1) is 0 Å². The monoisotopic (exact) mass is 401 g/mol. The molecule has 8 bridgehead atoms. The topological polar surface area (TPSA) is 59.4 Å². The van der Waals surface area contributed by atoms with E-state index in [1.54, 1.807) is 0 Å². The van der Waals surface area contributed by atoms with Gasteiger partial charge in [-0.15, -0.1) is 0 Å². The largest absolute Gasteiger partial charge is 0.355 e. The number of aryl methyl sites for hydroxylation is 1. The van der Waals surface area contributed by atoms with E-state index in [9.17, 15) is 0 Å². The number of H-pyrrole nitrogens is 1. The number of rotatable bonds is 1. The normalized spacial score (nSPS) is 12.4. The SMILES string of the molecule is Cn1c2cc3nc(cc4ccc(cc5nc(cc1c(-c1ccncc1)c2)C=C5)[nH]4)C=C3. The molecule has 6 rings (SSSR count). The van der Waals surface area contributed by atoms with Gasteiger partial charge in [-0.25, -0.2) is 9.97 Å². The van der Waals surface area contributed by atoms with Gasteiger partial charge < -0.3 is 9.55 Å². The summed E-state index contributed by atoms with van der Waals surface area (Å²) in [6.07, 6.45) is 11.8. The van der Waals surface area contributed by atoms with Gasteiger partial charge in [0, 0.05) is 41.6 Å². The first-order valence-corrected chi connectivity index (χ1v) is 10.2. The standard InChI is InChI=1S/C26H19N5/c1-31-24-14-22-6-4-20(29-22)12-18-2-3-19(28-18)13-21-5-7-23(30-21)15-26(31)25(16-24)17-8-10-27-11-9-17/h2-16,28H,1H3. The smallest absolute Gasteiger partial charge is 0.0658 e. The quantitative estimate of drug-likeness (QED) is 0.383. The molecule has 6 heterocycles. The van der Waals surface area contributed by atoms with E-state index in [0.717, 1.165) is 56.0 Å². The molecule has 5 nitrogen and oxygen atoms in total. The molecule has 4 aromatic heterocycles. The van der Waals surface area contributed by atoms with Gasteiger partial charge in [0.2, 0.25) is 0 Å². The molecular weight excluding hydrogens is 382 g/mol. The molecule has 2 aliphatic rings. The van der Waals surface area contributed by atoms with Gasteiger partial charge in [-0.1, -0.05) is 0 Å². The van der Waals surface area contributed by atoms with E-state index < -0.39 is 0 Å². The summed E-state index contributed by atoms with van der Waals surface area (Å²) >= 11 is 0. The van der Waals surface area contributed by atoms with Crippen molar-refractivity contribution < 1.29 is 0 Å². The van der Waals surface area contributed by atoms with Crippen molar-refractivity contribution in [2.75, 3.05) is 0 Å². The van der Waals surface area contributed by atoms with Crippen molar-refractivity contribution >= 4 is 46.4 Å². The van der Waals surface area contributed by atoms with Crippen LogP contribution in [-0.4, -0.2) is 24.5 Å². The molecule has 5 heteroatoms. The van der Waals surface area contributed by atoms with E-state index in [4.69, 9.17) is 9.97 Å². The van der Waals surface area contributed by atoms with Crippen molar-refractivity contribution in [3.8, 4) is 11.1 Å². The average Bonchev–Trinajstić information content (AvgIpc) is 3.56. The Balaban J connectivity index is 1.72. The van der Waals surface area contributed by atoms with Crippen LogP contribution in [0.3, 0.4) is 0 Å². The molecule has 0 aliphatic carbocycles. The fourth-order valence-electron chi connectivity index (χ4n) is 4.03. The molecule has 0 amide bonds. The molecule has 2 aliphatic heterocycles. The summed E-state index contributed by atoms with van der Waals surface area (Å²) in [6.45, 7) is 0. The van der Waals surface area contributed by atoms with Crippen LogP contribution in [0.25, 0.3) is 57.5 Å². The van der Waals surface area contributed by atoms with Crippen molar-refractivity contribution in [3.63, 3.8) is 0 Å². The fourth-order valence-corrected chi connectivity index (χ4v) is 4.03. The highest BCUT2D eigenvalue weighted by Crippen LogP contribution is 2.29. The van der Waals surface area contributed by atoms with Gasteiger partial charge in [-0.2, -0.15) is 0 Å². The summed E-state index contributed by atoms with van der Waals surface area (Å²) in [5.74, 6) is 0. The van der Waals surface area contributed by atoms with Crippen LogP contribution in [-0.2, 0) is 7.05 Å². The van der Waals surface area contributed by atoms with Gasteiger partial charge in [-0.05, 0) is 84.5 Å². The molecule has 0 saturated carbocycles. The Labute approximate surface area is 179 Å². The Morgan fingerprint density at radius 2 is 1.26 bits per heavy atom. The van der Waals surface area contributed by atoms with Crippen LogP contribution in [0.5, 0.6) is 0 Å². The Bertz CT molecular complexity index is 1530. The molecule has 148 valence electrons. The highest BCUT2D eigenvalue weighted by molar-refractivity contribution is 5.88. The number of aromatic nitrogens is 5. The van der Waals surface area contributed by atoms with Gasteiger partial charge in [0.05, 0.1) is 28.3 Å². The number of pyridine rings is 1. The predicted molar refractivity (Wildman–Crippen MR) is 127 cm³/mol. The van der Waals surface area contributed by atoms with E-state index in [2.05, 4.69) is 70.1 Å². The van der Waals surface area contributed by atoms with Crippen molar-refractivity contribution in [3.05, 3.63) is 89.8 Å². The van der Waals surface area contributed by atoms with E-state index in [0.29, 0.717) is 0 Å². The second-order valence-electron chi connectivity index (χ2n) is 7.70. The second kappa shape index (κ2) is 6.92. The van der Waals surface area contributed by atoms with E-state index in [1.807, 2.05) is 42.8 Å². The van der Waals surface area contributed by atoms with Gasteiger partial charge >= 0.3 is 0 Å². The van der Waals surface area contributed by atoms with E-state index >= 15 is 0 Å². The minimum atomic E-state index is 0.923. The Morgan fingerprint density at radius 1 is 0.677 bits per heavy atom. The first kappa shape index (κ1) is 17.6. The minimum absolute atomic E-state index is 0.923. The molecule has 4 aromatic rings. The lowest BCUT2D eigenvalue weighted by Gasteiger charge is -2.00. The molecule has 0 atom stereocenters. The highest BCUT2D eigenvalue weighted by Gasteiger charge is 2.09. The third kappa shape index (κ3) is 3.26. The molecule has 0 aromatic carbocycles. The number of nitrogens with zero attached hydrogens (tertiary/aromatic N) is 4. The molecule has 31 heavy (non-hydrogen) atoms. The molecule has 0 radical (unpaired) electrons.